The van der Waals surface area contributed by atoms with Crippen LogP contribution in [0, 0.1) is 0 Å². The topological polar surface area (TPSA) is 117 Å². The first kappa shape index (κ1) is 26.9. The van der Waals surface area contributed by atoms with Gasteiger partial charge in [-0.2, -0.15) is 5.10 Å². The smallest absolute Gasteiger partial charge is 0.407 e. The van der Waals surface area contributed by atoms with Gasteiger partial charge in [-0.15, -0.1) is 0 Å². The van der Waals surface area contributed by atoms with E-state index < -0.39 is 41.8 Å². The van der Waals surface area contributed by atoms with Crippen LogP contribution in [-0.2, 0) is 37.4 Å². The molecule has 1 saturated heterocycles. The monoisotopic (exact) mass is 543 g/mol. The van der Waals surface area contributed by atoms with Crippen LogP contribution in [0.2, 0.25) is 0 Å². The van der Waals surface area contributed by atoms with Crippen molar-refractivity contribution in [3.8, 4) is 0 Å². The first-order valence-corrected chi connectivity index (χ1v) is 13.0. The van der Waals surface area contributed by atoms with Crippen molar-refractivity contribution in [2.24, 2.45) is 0 Å². The fourth-order valence-electron chi connectivity index (χ4n) is 5.48. The number of benzene rings is 1. The number of alkyl halides is 2. The van der Waals surface area contributed by atoms with E-state index in [0.29, 0.717) is 43.2 Å². The molecule has 1 aliphatic heterocycles. The highest BCUT2D eigenvalue weighted by Gasteiger charge is 2.49. The molecule has 5 rings (SSSR count). The minimum Gasteiger partial charge on any atom is -0.468 e. The number of esters is 1. The molecule has 0 radical (unpaired) electrons. The average Bonchev–Trinajstić information content (AvgIpc) is 3.41. The number of fused-ring (bicyclic) bond motifs is 1. The fraction of sp³-hybridized carbons (Fsp3) is 0.519. The molecule has 39 heavy (non-hydrogen) atoms. The van der Waals surface area contributed by atoms with Crippen molar-refractivity contribution in [3.63, 3.8) is 0 Å². The number of carbonyl (C=O) groups excluding carboxylic acids is 2. The van der Waals surface area contributed by atoms with Gasteiger partial charge in [0.25, 0.3) is 5.78 Å². The van der Waals surface area contributed by atoms with Crippen LogP contribution in [0.3, 0.4) is 0 Å². The summed E-state index contributed by atoms with van der Waals surface area (Å²) in [5, 5.41) is 7.60. The molecule has 12 heteroatoms. The van der Waals surface area contributed by atoms with E-state index in [1.807, 2.05) is 30.3 Å². The molecular weight excluding hydrogens is 512 g/mol. The van der Waals surface area contributed by atoms with E-state index in [1.54, 1.807) is 6.20 Å². The van der Waals surface area contributed by atoms with Gasteiger partial charge in [-0.25, -0.2) is 28.1 Å². The highest BCUT2D eigenvalue weighted by atomic mass is 19.3. The van der Waals surface area contributed by atoms with Crippen LogP contribution in [0.25, 0.3) is 5.78 Å². The summed E-state index contributed by atoms with van der Waals surface area (Å²) in [6.07, 6.45) is 2.33. The number of nitrogens with one attached hydrogen (secondary N) is 1. The Bertz CT molecular complexity index is 1320. The number of rotatable bonds is 7. The molecule has 2 aliphatic rings. The lowest BCUT2D eigenvalue weighted by molar-refractivity contribution is -0.151. The summed E-state index contributed by atoms with van der Waals surface area (Å²) in [4.78, 5) is 35.1. The number of alkyl carbamates (subject to hydrolysis) is 1. The summed E-state index contributed by atoms with van der Waals surface area (Å²) in [7, 11) is 1.32. The van der Waals surface area contributed by atoms with E-state index in [4.69, 9.17) is 24.3 Å². The quantitative estimate of drug-likeness (QED) is 0.448. The van der Waals surface area contributed by atoms with Crippen molar-refractivity contribution in [1.29, 1.82) is 0 Å². The second kappa shape index (κ2) is 10.8. The third-order valence-corrected chi connectivity index (χ3v) is 7.72. The largest absolute Gasteiger partial charge is 0.468 e. The number of imidazole rings is 1. The van der Waals surface area contributed by atoms with E-state index in [9.17, 15) is 18.4 Å². The van der Waals surface area contributed by atoms with Crippen LogP contribution in [0.5, 0.6) is 0 Å². The van der Waals surface area contributed by atoms with Gasteiger partial charge in [0.15, 0.2) is 0 Å². The Morgan fingerprint density at radius 1 is 1.08 bits per heavy atom. The Balaban J connectivity index is 1.50. The van der Waals surface area contributed by atoms with Gasteiger partial charge in [0, 0.05) is 44.2 Å². The van der Waals surface area contributed by atoms with Crippen molar-refractivity contribution in [1.82, 2.24) is 24.9 Å². The van der Waals surface area contributed by atoms with E-state index in [1.165, 1.54) is 17.8 Å². The van der Waals surface area contributed by atoms with Crippen molar-refractivity contribution in [2.45, 2.75) is 68.4 Å². The molecule has 1 aliphatic carbocycles. The maximum atomic E-state index is 14.3. The standard InChI is InChI=1S/C27H31F2N5O5/c1-37-22(35)26(11-15-38-16-12-26)21-20(33-34-14-13-30-23(34)31-21)17-25(7-9-27(28,29)10-8-25)32-24(36)39-18-19-5-3-2-4-6-19/h2-6,13-14H,7-12,15-18H2,1H3,(H,32,36). The molecule has 0 bridgehead atoms. The molecule has 0 atom stereocenters. The van der Waals surface area contributed by atoms with E-state index in [2.05, 4.69) is 10.3 Å². The molecule has 10 nitrogen and oxygen atoms in total. The number of hydrogen-bond donors (Lipinski definition) is 1. The number of carbonyl (C=O) groups is 2. The maximum Gasteiger partial charge on any atom is 0.407 e. The predicted octanol–water partition coefficient (Wildman–Crippen LogP) is 3.76. The highest BCUT2D eigenvalue weighted by Crippen LogP contribution is 2.42. The zero-order chi connectivity index (χ0) is 27.5. The number of ether oxygens (including phenoxy) is 3. The average molecular weight is 544 g/mol. The normalized spacial score (nSPS) is 19.8. The van der Waals surface area contributed by atoms with Gasteiger partial charge >= 0.3 is 12.1 Å². The van der Waals surface area contributed by atoms with Gasteiger partial charge in [0.2, 0.25) is 5.92 Å². The molecule has 0 spiro atoms. The summed E-state index contributed by atoms with van der Waals surface area (Å²) in [5.41, 5.74) is -0.657. The zero-order valence-electron chi connectivity index (χ0n) is 21.7. The molecule has 0 unspecified atom stereocenters. The second-order valence-corrected chi connectivity index (χ2v) is 10.3. The number of aromatic nitrogens is 4. The van der Waals surface area contributed by atoms with Crippen molar-refractivity contribution in [3.05, 3.63) is 59.7 Å². The van der Waals surface area contributed by atoms with E-state index >= 15 is 0 Å². The molecule has 2 fully saturated rings. The Hall–Kier alpha value is -3.67. The maximum absolute atomic E-state index is 14.3. The number of amides is 1. The SMILES string of the molecule is COC(=O)C1(c2nc3nccn3nc2CC2(NC(=O)OCc3ccccc3)CCC(F)(F)CC2)CCOCC1. The number of nitrogens with zero attached hydrogens (tertiary/aromatic N) is 4. The predicted molar refractivity (Wildman–Crippen MR) is 134 cm³/mol. The molecule has 1 amide bonds. The van der Waals surface area contributed by atoms with Gasteiger partial charge < -0.3 is 19.5 Å². The number of hydrogen-bond acceptors (Lipinski definition) is 8. The lowest BCUT2D eigenvalue weighted by Gasteiger charge is -2.41. The van der Waals surface area contributed by atoms with Gasteiger partial charge in [-0.3, -0.25) is 4.79 Å². The van der Waals surface area contributed by atoms with Gasteiger partial charge in [-0.1, -0.05) is 30.3 Å². The molecular formula is C27H31F2N5O5. The van der Waals surface area contributed by atoms with Crippen LogP contribution in [0.4, 0.5) is 13.6 Å². The fourth-order valence-corrected chi connectivity index (χ4v) is 5.48. The minimum atomic E-state index is -2.84. The van der Waals surface area contributed by atoms with Crippen molar-refractivity contribution >= 4 is 17.8 Å². The summed E-state index contributed by atoms with van der Waals surface area (Å²) in [5.74, 6) is -3.02. The van der Waals surface area contributed by atoms with E-state index in [-0.39, 0.29) is 25.9 Å². The minimum absolute atomic E-state index is 0.00212. The second-order valence-electron chi connectivity index (χ2n) is 10.3. The third kappa shape index (κ3) is 5.70. The van der Waals surface area contributed by atoms with Crippen LogP contribution in [-0.4, -0.2) is 63.4 Å². The number of methoxy groups -OCH3 is 1. The first-order chi connectivity index (χ1) is 18.7. The zero-order valence-corrected chi connectivity index (χ0v) is 21.7. The molecule has 1 saturated carbocycles. The molecule has 208 valence electrons. The Kier molecular flexibility index (Phi) is 7.48. The number of halogens is 2. The molecule has 3 heterocycles. The van der Waals surface area contributed by atoms with Gasteiger partial charge in [0.05, 0.1) is 24.7 Å². The lowest BCUT2D eigenvalue weighted by Crippen LogP contribution is -2.54. The van der Waals surface area contributed by atoms with Crippen molar-refractivity contribution < 1.29 is 32.6 Å². The molecule has 2 aromatic heterocycles. The summed E-state index contributed by atoms with van der Waals surface area (Å²) < 4.78 is 46.2. The highest BCUT2D eigenvalue weighted by molar-refractivity contribution is 5.83. The molecule has 3 aromatic rings. The Morgan fingerprint density at radius 3 is 2.49 bits per heavy atom. The third-order valence-electron chi connectivity index (χ3n) is 7.72. The summed E-state index contributed by atoms with van der Waals surface area (Å²) in [6, 6.07) is 9.18. The summed E-state index contributed by atoms with van der Waals surface area (Å²) >= 11 is 0. The van der Waals surface area contributed by atoms with Gasteiger partial charge in [-0.05, 0) is 31.2 Å². The molecule has 1 aromatic carbocycles. The summed E-state index contributed by atoms with van der Waals surface area (Å²) in [6.45, 7) is 0.672. The van der Waals surface area contributed by atoms with Crippen LogP contribution in [0.1, 0.15) is 55.5 Å². The van der Waals surface area contributed by atoms with Crippen LogP contribution < -0.4 is 5.32 Å². The first-order valence-electron chi connectivity index (χ1n) is 13.0. The Labute approximate surface area is 224 Å². The van der Waals surface area contributed by atoms with Gasteiger partial charge in [0.1, 0.15) is 12.0 Å². The van der Waals surface area contributed by atoms with E-state index in [0.717, 1.165) is 5.56 Å². The van der Waals surface area contributed by atoms with Crippen molar-refractivity contribution in [2.75, 3.05) is 20.3 Å². The van der Waals surface area contributed by atoms with Crippen LogP contribution >= 0.6 is 0 Å². The Morgan fingerprint density at radius 2 is 1.79 bits per heavy atom. The molecule has 1 N–H and O–H groups in total. The van der Waals surface area contributed by atoms with Crippen LogP contribution in [0.15, 0.2) is 42.7 Å². The lowest BCUT2D eigenvalue weighted by atomic mass is 9.72.